The van der Waals surface area contributed by atoms with E-state index in [1.54, 1.807) is 24.3 Å². The minimum Gasteiger partial charge on any atom is -0.504 e. The number of carbonyl (C=O) groups excluding carboxylic acids is 1. The topological polar surface area (TPSA) is 46.5 Å². The second kappa shape index (κ2) is 6.66. The van der Waals surface area contributed by atoms with Crippen LogP contribution in [0.15, 0.2) is 42.5 Å². The quantitative estimate of drug-likeness (QED) is 0.660. The lowest BCUT2D eigenvalue weighted by Gasteiger charge is -2.04. The summed E-state index contributed by atoms with van der Waals surface area (Å²) < 4.78 is 4.97. The Hall–Kier alpha value is -1.97. The first-order valence-electron chi connectivity index (χ1n) is 6.06. The maximum Gasteiger partial charge on any atom is 0.185 e. The number of ether oxygens (including phenoxy) is 1. The van der Waals surface area contributed by atoms with Crippen molar-refractivity contribution in [1.82, 2.24) is 0 Å². The van der Waals surface area contributed by atoms with Crippen molar-refractivity contribution in [2.75, 3.05) is 7.11 Å². The summed E-state index contributed by atoms with van der Waals surface area (Å²) in [6.07, 6.45) is 2.94. The maximum atomic E-state index is 12.1. The molecule has 0 bridgehead atoms. The number of benzene rings is 2. The molecule has 0 aliphatic heterocycles. The van der Waals surface area contributed by atoms with E-state index < -0.39 is 0 Å². The summed E-state index contributed by atoms with van der Waals surface area (Å²) >= 11 is 12.1. The molecule has 0 unspecified atom stereocenters. The van der Waals surface area contributed by atoms with Crippen molar-refractivity contribution in [2.45, 2.75) is 0 Å². The molecule has 3 nitrogen and oxygen atoms in total. The smallest absolute Gasteiger partial charge is 0.185 e. The number of halogens is 2. The molecule has 2 aromatic rings. The second-order valence-electron chi connectivity index (χ2n) is 4.22. The van der Waals surface area contributed by atoms with Gasteiger partial charge in [0.1, 0.15) is 0 Å². The standard InChI is InChI=1S/C16H12Cl2O3/c1-21-16-9-10(5-7-15(16)20)14(19)8-6-11-12(17)3-2-4-13(11)18/h2-9,20H,1H3. The number of ketones is 1. The van der Waals surface area contributed by atoms with Crippen LogP contribution in [0.3, 0.4) is 0 Å². The van der Waals surface area contributed by atoms with Gasteiger partial charge in [0.25, 0.3) is 0 Å². The molecule has 0 fully saturated rings. The number of rotatable bonds is 4. The van der Waals surface area contributed by atoms with Crippen LogP contribution >= 0.6 is 23.2 Å². The highest BCUT2D eigenvalue weighted by Crippen LogP contribution is 2.28. The number of allylic oxidation sites excluding steroid dienone is 1. The third-order valence-electron chi connectivity index (χ3n) is 2.87. The Labute approximate surface area is 132 Å². The Morgan fingerprint density at radius 2 is 1.86 bits per heavy atom. The first-order valence-corrected chi connectivity index (χ1v) is 6.82. The molecule has 0 saturated heterocycles. The van der Waals surface area contributed by atoms with E-state index in [0.29, 0.717) is 21.2 Å². The summed E-state index contributed by atoms with van der Waals surface area (Å²) in [5, 5.41) is 10.4. The average molecular weight is 323 g/mol. The minimum atomic E-state index is -0.246. The van der Waals surface area contributed by atoms with E-state index in [0.717, 1.165) is 0 Å². The number of hydrogen-bond acceptors (Lipinski definition) is 3. The molecule has 0 aliphatic carbocycles. The van der Waals surface area contributed by atoms with Gasteiger partial charge in [-0.2, -0.15) is 0 Å². The SMILES string of the molecule is COc1cc(C(=O)C=Cc2c(Cl)cccc2Cl)ccc1O. The summed E-state index contributed by atoms with van der Waals surface area (Å²) in [6.45, 7) is 0. The largest absolute Gasteiger partial charge is 0.504 e. The van der Waals surface area contributed by atoms with E-state index in [9.17, 15) is 9.90 Å². The lowest BCUT2D eigenvalue weighted by Crippen LogP contribution is -1.95. The highest BCUT2D eigenvalue weighted by atomic mass is 35.5. The summed E-state index contributed by atoms with van der Waals surface area (Å²) in [4.78, 5) is 12.1. The molecule has 0 saturated carbocycles. The van der Waals surface area contributed by atoms with Gasteiger partial charge < -0.3 is 9.84 Å². The zero-order valence-corrected chi connectivity index (χ0v) is 12.7. The number of aromatic hydroxyl groups is 1. The molecular weight excluding hydrogens is 311 g/mol. The van der Waals surface area contributed by atoms with Gasteiger partial charge in [-0.15, -0.1) is 0 Å². The highest BCUT2D eigenvalue weighted by molar-refractivity contribution is 6.37. The van der Waals surface area contributed by atoms with Crippen LogP contribution in [0.25, 0.3) is 6.08 Å². The van der Waals surface area contributed by atoms with Crippen LogP contribution in [-0.4, -0.2) is 18.0 Å². The van der Waals surface area contributed by atoms with Gasteiger partial charge in [-0.1, -0.05) is 29.3 Å². The van der Waals surface area contributed by atoms with Crippen LogP contribution in [0.4, 0.5) is 0 Å². The molecule has 2 aromatic carbocycles. The van der Waals surface area contributed by atoms with Crippen LogP contribution < -0.4 is 4.74 Å². The van der Waals surface area contributed by atoms with Crippen LogP contribution in [0.2, 0.25) is 10.0 Å². The predicted octanol–water partition coefficient (Wildman–Crippen LogP) is 4.60. The van der Waals surface area contributed by atoms with Gasteiger partial charge in [-0.25, -0.2) is 0 Å². The van der Waals surface area contributed by atoms with Crippen molar-refractivity contribution in [1.29, 1.82) is 0 Å². The minimum absolute atomic E-state index is 0.0211. The van der Waals surface area contributed by atoms with Crippen molar-refractivity contribution in [3.8, 4) is 11.5 Å². The van der Waals surface area contributed by atoms with Crippen LogP contribution in [0.1, 0.15) is 15.9 Å². The molecule has 0 heterocycles. The van der Waals surface area contributed by atoms with Crippen LogP contribution in [0.5, 0.6) is 11.5 Å². The molecule has 1 N–H and O–H groups in total. The summed E-state index contributed by atoms with van der Waals surface area (Å²) in [6, 6.07) is 9.51. The van der Waals surface area contributed by atoms with E-state index >= 15 is 0 Å². The van der Waals surface area contributed by atoms with Gasteiger partial charge in [0.15, 0.2) is 17.3 Å². The van der Waals surface area contributed by atoms with E-state index in [1.165, 1.54) is 31.4 Å². The molecule has 0 amide bonds. The van der Waals surface area contributed by atoms with E-state index in [-0.39, 0.29) is 17.3 Å². The molecule has 2 rings (SSSR count). The molecule has 0 aromatic heterocycles. The fourth-order valence-corrected chi connectivity index (χ4v) is 2.28. The highest BCUT2D eigenvalue weighted by Gasteiger charge is 2.08. The normalized spacial score (nSPS) is 10.8. The van der Waals surface area contributed by atoms with Crippen LogP contribution in [0, 0.1) is 0 Å². The molecule has 0 spiro atoms. The molecule has 0 atom stereocenters. The van der Waals surface area contributed by atoms with Crippen molar-refractivity contribution in [2.24, 2.45) is 0 Å². The molecule has 108 valence electrons. The van der Waals surface area contributed by atoms with Gasteiger partial charge >= 0.3 is 0 Å². The summed E-state index contributed by atoms with van der Waals surface area (Å²) in [5.74, 6) is -0.0264. The zero-order chi connectivity index (χ0) is 15.4. The Kier molecular flexibility index (Phi) is 4.89. The molecule has 21 heavy (non-hydrogen) atoms. The lowest BCUT2D eigenvalue weighted by atomic mass is 10.1. The first-order chi connectivity index (χ1) is 10.0. The monoisotopic (exact) mass is 322 g/mol. The summed E-state index contributed by atoms with van der Waals surface area (Å²) in [5.41, 5.74) is 0.976. The predicted molar refractivity (Wildman–Crippen MR) is 84.5 cm³/mol. The number of phenols is 1. The lowest BCUT2D eigenvalue weighted by molar-refractivity contribution is 0.104. The van der Waals surface area contributed by atoms with E-state index in [1.807, 2.05) is 0 Å². The van der Waals surface area contributed by atoms with Crippen molar-refractivity contribution < 1.29 is 14.6 Å². The average Bonchev–Trinajstić information content (AvgIpc) is 2.47. The number of hydrogen-bond donors (Lipinski definition) is 1. The molecular formula is C16H12Cl2O3. The first kappa shape index (κ1) is 15.4. The fourth-order valence-electron chi connectivity index (χ4n) is 1.76. The Bertz CT molecular complexity index is 688. The maximum absolute atomic E-state index is 12.1. The number of carbonyl (C=O) groups is 1. The second-order valence-corrected chi connectivity index (χ2v) is 5.03. The van der Waals surface area contributed by atoms with Crippen LogP contribution in [-0.2, 0) is 0 Å². The Morgan fingerprint density at radius 3 is 2.48 bits per heavy atom. The molecule has 0 aliphatic rings. The number of methoxy groups -OCH3 is 1. The van der Waals surface area contributed by atoms with Crippen molar-refractivity contribution in [3.05, 3.63) is 63.6 Å². The van der Waals surface area contributed by atoms with E-state index in [2.05, 4.69) is 0 Å². The van der Waals surface area contributed by atoms with Crippen molar-refractivity contribution in [3.63, 3.8) is 0 Å². The van der Waals surface area contributed by atoms with E-state index in [4.69, 9.17) is 27.9 Å². The third-order valence-corrected chi connectivity index (χ3v) is 3.52. The molecule has 0 radical (unpaired) electrons. The van der Waals surface area contributed by atoms with Gasteiger partial charge in [0.2, 0.25) is 0 Å². The van der Waals surface area contributed by atoms with Gasteiger partial charge in [0, 0.05) is 21.2 Å². The van der Waals surface area contributed by atoms with Gasteiger partial charge in [0.05, 0.1) is 7.11 Å². The van der Waals surface area contributed by atoms with Gasteiger partial charge in [-0.05, 0) is 42.5 Å². The summed E-state index contributed by atoms with van der Waals surface area (Å²) in [7, 11) is 1.42. The fraction of sp³-hybridized carbons (Fsp3) is 0.0625. The molecule has 5 heteroatoms. The Morgan fingerprint density at radius 1 is 1.19 bits per heavy atom. The van der Waals surface area contributed by atoms with Crippen molar-refractivity contribution >= 4 is 35.1 Å². The third kappa shape index (κ3) is 3.57. The number of phenolic OH excluding ortho intramolecular Hbond substituents is 1. The zero-order valence-electron chi connectivity index (χ0n) is 11.1. The van der Waals surface area contributed by atoms with Gasteiger partial charge in [-0.3, -0.25) is 4.79 Å². The Balaban J connectivity index is 2.27.